The van der Waals surface area contributed by atoms with E-state index in [2.05, 4.69) is 36.8 Å². The summed E-state index contributed by atoms with van der Waals surface area (Å²) in [4.78, 5) is 23.5. The average molecular weight is 417 g/mol. The molecule has 3 N–H and O–H groups in total. The lowest BCUT2D eigenvalue weighted by Gasteiger charge is -2.08. The van der Waals surface area contributed by atoms with Crippen LogP contribution < -0.4 is 10.6 Å². The number of carbonyl (C=O) groups excluding carboxylic acids is 2. The van der Waals surface area contributed by atoms with Gasteiger partial charge in [-0.2, -0.15) is 5.10 Å². The summed E-state index contributed by atoms with van der Waals surface area (Å²) in [7, 11) is 0. The normalized spacial score (nSPS) is 10.4. The molecule has 0 bridgehead atoms. The molecule has 2 amide bonds. The molecule has 1 aromatic heterocycles. The summed E-state index contributed by atoms with van der Waals surface area (Å²) in [5.41, 5.74) is 1.96. The highest BCUT2D eigenvalue weighted by molar-refractivity contribution is 9.10. The Labute approximate surface area is 156 Å². The van der Waals surface area contributed by atoms with Gasteiger partial charge in [0.15, 0.2) is 0 Å². The summed E-state index contributed by atoms with van der Waals surface area (Å²) in [5, 5.41) is 11.8. The molecule has 3 rings (SSSR count). The molecule has 132 valence electrons. The lowest BCUT2D eigenvalue weighted by Crippen LogP contribution is -2.14. The summed E-state index contributed by atoms with van der Waals surface area (Å²) in [6.45, 7) is 1.34. The fraction of sp³-hybridized carbons (Fsp3) is 0.0556. The number of anilines is 2. The Morgan fingerprint density at radius 1 is 1.08 bits per heavy atom. The lowest BCUT2D eigenvalue weighted by molar-refractivity contribution is -0.114. The molecule has 2 aromatic carbocycles. The minimum atomic E-state index is -0.611. The molecule has 0 aliphatic rings. The van der Waals surface area contributed by atoms with Gasteiger partial charge in [0.05, 0.1) is 11.4 Å². The number of nitrogens with zero attached hydrogens (tertiary/aromatic N) is 1. The molecule has 3 aromatic rings. The molecule has 0 radical (unpaired) electrons. The van der Waals surface area contributed by atoms with E-state index in [0.29, 0.717) is 11.4 Å². The molecule has 6 nitrogen and oxygen atoms in total. The zero-order valence-electron chi connectivity index (χ0n) is 13.6. The second-order valence-electron chi connectivity index (χ2n) is 5.50. The van der Waals surface area contributed by atoms with Crippen molar-refractivity contribution < 1.29 is 14.0 Å². The molecular formula is C18H14BrFN4O2. The molecular weight excluding hydrogens is 403 g/mol. The number of carbonyl (C=O) groups is 2. The van der Waals surface area contributed by atoms with Gasteiger partial charge in [0.2, 0.25) is 5.91 Å². The average Bonchev–Trinajstić information content (AvgIpc) is 3.08. The Hall–Kier alpha value is -3.00. The van der Waals surface area contributed by atoms with Crippen molar-refractivity contribution in [1.82, 2.24) is 10.2 Å². The molecule has 0 saturated heterocycles. The van der Waals surface area contributed by atoms with Crippen LogP contribution in [-0.2, 0) is 4.79 Å². The first-order valence-electron chi connectivity index (χ1n) is 7.62. The summed E-state index contributed by atoms with van der Waals surface area (Å²) >= 11 is 3.36. The predicted molar refractivity (Wildman–Crippen MR) is 100 cm³/mol. The maximum atomic E-state index is 13.9. The Kier molecular flexibility index (Phi) is 5.13. The number of aromatic nitrogens is 2. The molecule has 0 spiro atoms. The molecule has 0 aliphatic heterocycles. The maximum absolute atomic E-state index is 13.9. The number of hydrogen-bond donors (Lipinski definition) is 3. The number of rotatable bonds is 4. The molecule has 0 atom stereocenters. The highest BCUT2D eigenvalue weighted by Gasteiger charge is 2.14. The van der Waals surface area contributed by atoms with Gasteiger partial charge < -0.3 is 10.6 Å². The fourth-order valence-corrected chi connectivity index (χ4v) is 2.56. The van der Waals surface area contributed by atoms with Crippen molar-refractivity contribution >= 4 is 39.1 Å². The number of amides is 2. The van der Waals surface area contributed by atoms with E-state index in [1.165, 1.54) is 25.1 Å². The van der Waals surface area contributed by atoms with E-state index in [1.54, 1.807) is 6.07 Å². The first kappa shape index (κ1) is 17.8. The third-order valence-electron chi connectivity index (χ3n) is 3.50. The number of aromatic amines is 1. The Morgan fingerprint density at radius 2 is 1.81 bits per heavy atom. The van der Waals surface area contributed by atoms with Gasteiger partial charge in [-0.3, -0.25) is 14.7 Å². The van der Waals surface area contributed by atoms with E-state index < -0.39 is 11.7 Å². The number of hydrogen-bond acceptors (Lipinski definition) is 3. The summed E-state index contributed by atoms with van der Waals surface area (Å²) in [5.74, 6) is -1.44. The van der Waals surface area contributed by atoms with Gasteiger partial charge in [-0.25, -0.2) is 4.39 Å². The molecule has 8 heteroatoms. The quantitative estimate of drug-likeness (QED) is 0.595. The fourth-order valence-electron chi connectivity index (χ4n) is 2.30. The Bertz CT molecular complexity index is 970. The standard InChI is InChI=1S/C18H14BrFN4O2/c1-10(25)21-13-6-7-14(20)16(8-13)22-18(26)17-9-15(23-24-17)11-2-4-12(19)5-3-11/h2-9H,1H3,(H,21,25)(H,22,26)(H,23,24). The highest BCUT2D eigenvalue weighted by Crippen LogP contribution is 2.23. The van der Waals surface area contributed by atoms with E-state index in [-0.39, 0.29) is 17.3 Å². The van der Waals surface area contributed by atoms with Crippen LogP contribution in [0.1, 0.15) is 17.4 Å². The largest absolute Gasteiger partial charge is 0.326 e. The van der Waals surface area contributed by atoms with Crippen molar-refractivity contribution in [1.29, 1.82) is 0 Å². The molecule has 0 aliphatic carbocycles. The van der Waals surface area contributed by atoms with Crippen LogP contribution >= 0.6 is 15.9 Å². The summed E-state index contributed by atoms with van der Waals surface area (Å²) in [6, 6.07) is 13.0. The van der Waals surface area contributed by atoms with Gasteiger partial charge >= 0.3 is 0 Å². The van der Waals surface area contributed by atoms with Gasteiger partial charge in [0.25, 0.3) is 5.91 Å². The monoisotopic (exact) mass is 416 g/mol. The van der Waals surface area contributed by atoms with Crippen LogP contribution in [0.15, 0.2) is 53.0 Å². The SMILES string of the molecule is CC(=O)Nc1ccc(F)c(NC(=O)c2cc(-c3ccc(Br)cc3)n[nH]2)c1. The number of benzene rings is 2. The summed E-state index contributed by atoms with van der Waals surface area (Å²) in [6.07, 6.45) is 0. The number of halogens is 2. The third kappa shape index (κ3) is 4.15. The van der Waals surface area contributed by atoms with Crippen molar-refractivity contribution in [2.75, 3.05) is 10.6 Å². The smallest absolute Gasteiger partial charge is 0.273 e. The van der Waals surface area contributed by atoms with E-state index in [4.69, 9.17) is 0 Å². The molecule has 26 heavy (non-hydrogen) atoms. The third-order valence-corrected chi connectivity index (χ3v) is 4.03. The van der Waals surface area contributed by atoms with Crippen molar-refractivity contribution in [2.45, 2.75) is 6.92 Å². The van der Waals surface area contributed by atoms with Crippen LogP contribution in [0.4, 0.5) is 15.8 Å². The maximum Gasteiger partial charge on any atom is 0.273 e. The second-order valence-corrected chi connectivity index (χ2v) is 6.42. The van der Waals surface area contributed by atoms with Crippen LogP contribution in [0.2, 0.25) is 0 Å². The number of nitrogens with one attached hydrogen (secondary N) is 3. The van der Waals surface area contributed by atoms with Crippen molar-refractivity contribution in [3.63, 3.8) is 0 Å². The van der Waals surface area contributed by atoms with Crippen LogP contribution in [0, 0.1) is 5.82 Å². The minimum absolute atomic E-state index is 0.0407. The van der Waals surface area contributed by atoms with Gasteiger partial charge in [-0.05, 0) is 36.4 Å². The van der Waals surface area contributed by atoms with Gasteiger partial charge in [0, 0.05) is 22.6 Å². The molecule has 1 heterocycles. The van der Waals surface area contributed by atoms with Crippen LogP contribution in [0.25, 0.3) is 11.3 Å². The second kappa shape index (κ2) is 7.49. The topological polar surface area (TPSA) is 86.9 Å². The first-order valence-corrected chi connectivity index (χ1v) is 8.41. The predicted octanol–water partition coefficient (Wildman–Crippen LogP) is 4.19. The first-order chi connectivity index (χ1) is 12.4. The Balaban J connectivity index is 1.78. The lowest BCUT2D eigenvalue weighted by atomic mass is 10.1. The van der Waals surface area contributed by atoms with Gasteiger partial charge in [0.1, 0.15) is 11.5 Å². The van der Waals surface area contributed by atoms with Crippen molar-refractivity contribution in [3.05, 3.63) is 64.5 Å². The van der Waals surface area contributed by atoms with Crippen molar-refractivity contribution in [2.24, 2.45) is 0 Å². The Morgan fingerprint density at radius 3 is 2.50 bits per heavy atom. The van der Waals surface area contributed by atoms with E-state index in [1.807, 2.05) is 24.3 Å². The van der Waals surface area contributed by atoms with E-state index >= 15 is 0 Å². The molecule has 0 fully saturated rings. The van der Waals surface area contributed by atoms with Crippen LogP contribution in [0.5, 0.6) is 0 Å². The summed E-state index contributed by atoms with van der Waals surface area (Å²) < 4.78 is 14.9. The van der Waals surface area contributed by atoms with E-state index in [0.717, 1.165) is 10.0 Å². The van der Waals surface area contributed by atoms with Crippen LogP contribution in [-0.4, -0.2) is 22.0 Å². The zero-order valence-corrected chi connectivity index (χ0v) is 15.2. The number of H-pyrrole nitrogens is 1. The molecule has 0 saturated carbocycles. The van der Waals surface area contributed by atoms with Crippen molar-refractivity contribution in [3.8, 4) is 11.3 Å². The zero-order chi connectivity index (χ0) is 18.7. The van der Waals surface area contributed by atoms with Crippen LogP contribution in [0.3, 0.4) is 0 Å². The van der Waals surface area contributed by atoms with Gasteiger partial charge in [-0.15, -0.1) is 0 Å². The minimum Gasteiger partial charge on any atom is -0.326 e. The van der Waals surface area contributed by atoms with E-state index in [9.17, 15) is 14.0 Å². The molecule has 0 unspecified atom stereocenters. The highest BCUT2D eigenvalue weighted by atomic mass is 79.9. The van der Waals surface area contributed by atoms with Gasteiger partial charge in [-0.1, -0.05) is 28.1 Å².